The van der Waals surface area contributed by atoms with E-state index in [1.807, 2.05) is 10.7 Å². The Hall–Kier alpha value is -0.780. The molecule has 1 aliphatic heterocycles. The molecule has 2 heterocycles. The first-order valence-corrected chi connectivity index (χ1v) is 5.17. The normalized spacial score (nSPS) is 13.8. The molecular weight excluding hydrogens is 263 g/mol. The minimum absolute atomic E-state index is 0. The average molecular weight is 281 g/mol. The van der Waals surface area contributed by atoms with Gasteiger partial charge in [0.1, 0.15) is 0 Å². The standard InChI is InChI=1S/C10H16N4O.2ClH/c1-13(2)10(15)9-6-8-7-11-4-3-5-14(8)12-9;;/h6,11H,3-5,7H2,1-2H3;2*1H. The van der Waals surface area contributed by atoms with E-state index in [4.69, 9.17) is 0 Å². The number of aromatic nitrogens is 2. The molecule has 0 aliphatic carbocycles. The number of carbonyl (C=O) groups is 1. The predicted octanol–water partition coefficient (Wildman–Crippen LogP) is 0.922. The van der Waals surface area contributed by atoms with Gasteiger partial charge in [0.15, 0.2) is 5.69 Å². The number of rotatable bonds is 1. The smallest absolute Gasteiger partial charge is 0.273 e. The number of fused-ring (bicyclic) bond motifs is 1. The second-order valence-electron chi connectivity index (χ2n) is 3.97. The minimum Gasteiger partial charge on any atom is -0.343 e. The van der Waals surface area contributed by atoms with Crippen molar-refractivity contribution in [1.82, 2.24) is 20.0 Å². The van der Waals surface area contributed by atoms with Crippen LogP contribution in [0.2, 0.25) is 0 Å². The maximum Gasteiger partial charge on any atom is 0.273 e. The first kappa shape index (κ1) is 16.2. The molecule has 0 fully saturated rings. The maximum atomic E-state index is 11.7. The maximum absolute atomic E-state index is 11.7. The summed E-state index contributed by atoms with van der Waals surface area (Å²) >= 11 is 0. The van der Waals surface area contributed by atoms with Crippen LogP contribution < -0.4 is 5.32 Å². The van der Waals surface area contributed by atoms with Gasteiger partial charge < -0.3 is 10.2 Å². The van der Waals surface area contributed by atoms with Gasteiger partial charge in [-0.2, -0.15) is 5.10 Å². The number of hydrogen-bond acceptors (Lipinski definition) is 3. The van der Waals surface area contributed by atoms with E-state index < -0.39 is 0 Å². The molecule has 0 aromatic carbocycles. The summed E-state index contributed by atoms with van der Waals surface area (Å²) in [6.07, 6.45) is 1.06. The molecule has 0 spiro atoms. The van der Waals surface area contributed by atoms with Crippen LogP contribution in [0.25, 0.3) is 0 Å². The van der Waals surface area contributed by atoms with E-state index in [0.717, 1.165) is 31.7 Å². The highest BCUT2D eigenvalue weighted by atomic mass is 35.5. The molecule has 0 bridgehead atoms. The first-order valence-electron chi connectivity index (χ1n) is 5.17. The third-order valence-electron chi connectivity index (χ3n) is 2.52. The molecule has 1 aromatic heterocycles. The summed E-state index contributed by atoms with van der Waals surface area (Å²) < 4.78 is 1.93. The van der Waals surface area contributed by atoms with Gasteiger partial charge in [-0.1, -0.05) is 0 Å². The molecule has 0 saturated heterocycles. The van der Waals surface area contributed by atoms with Gasteiger partial charge in [0.2, 0.25) is 0 Å². The van der Waals surface area contributed by atoms with Crippen LogP contribution in [0.5, 0.6) is 0 Å². The van der Waals surface area contributed by atoms with Crippen LogP contribution in [0.4, 0.5) is 0 Å². The first-order chi connectivity index (χ1) is 7.18. The number of nitrogens with zero attached hydrogens (tertiary/aromatic N) is 3. The Balaban J connectivity index is 0.00000128. The number of nitrogens with one attached hydrogen (secondary N) is 1. The lowest BCUT2D eigenvalue weighted by Crippen LogP contribution is -2.22. The van der Waals surface area contributed by atoms with Crippen LogP contribution in [0.15, 0.2) is 6.07 Å². The van der Waals surface area contributed by atoms with Crippen LogP contribution in [-0.4, -0.2) is 41.2 Å². The number of carbonyl (C=O) groups excluding carboxylic acids is 1. The summed E-state index contributed by atoms with van der Waals surface area (Å²) in [5.41, 5.74) is 1.64. The zero-order chi connectivity index (χ0) is 10.8. The Labute approximate surface area is 113 Å². The average Bonchev–Trinajstić information content (AvgIpc) is 2.49. The molecule has 1 aliphatic rings. The van der Waals surface area contributed by atoms with Crippen LogP contribution in [0, 0.1) is 0 Å². The molecular formula is C10H18Cl2N4O. The highest BCUT2D eigenvalue weighted by Gasteiger charge is 2.16. The largest absolute Gasteiger partial charge is 0.343 e. The third-order valence-corrected chi connectivity index (χ3v) is 2.52. The van der Waals surface area contributed by atoms with Gasteiger partial charge >= 0.3 is 0 Å². The SMILES string of the molecule is CN(C)C(=O)c1cc2n(n1)CCCNC2.Cl.Cl. The zero-order valence-electron chi connectivity index (χ0n) is 9.97. The van der Waals surface area contributed by atoms with Crippen molar-refractivity contribution in [2.75, 3.05) is 20.6 Å². The summed E-state index contributed by atoms with van der Waals surface area (Å²) in [6, 6.07) is 1.88. The van der Waals surface area contributed by atoms with Gasteiger partial charge in [0.05, 0.1) is 5.69 Å². The molecule has 2 rings (SSSR count). The van der Waals surface area contributed by atoms with Gasteiger partial charge in [-0.15, -0.1) is 24.8 Å². The second kappa shape index (κ2) is 6.83. The molecule has 7 heteroatoms. The number of amides is 1. The summed E-state index contributed by atoms with van der Waals surface area (Å²) in [7, 11) is 3.48. The van der Waals surface area contributed by atoms with Crippen LogP contribution >= 0.6 is 24.8 Å². The summed E-state index contributed by atoms with van der Waals surface area (Å²) in [5.74, 6) is -0.0319. The van der Waals surface area contributed by atoms with Gasteiger partial charge in [0, 0.05) is 27.2 Å². The van der Waals surface area contributed by atoms with Crippen molar-refractivity contribution in [2.24, 2.45) is 0 Å². The van der Waals surface area contributed by atoms with Crippen molar-refractivity contribution in [1.29, 1.82) is 0 Å². The highest BCUT2D eigenvalue weighted by molar-refractivity contribution is 5.92. The minimum atomic E-state index is -0.0319. The molecule has 98 valence electrons. The summed E-state index contributed by atoms with van der Waals surface area (Å²) in [5, 5.41) is 7.62. The van der Waals surface area contributed by atoms with E-state index in [-0.39, 0.29) is 30.7 Å². The molecule has 0 atom stereocenters. The predicted molar refractivity (Wildman–Crippen MR) is 71.1 cm³/mol. The van der Waals surface area contributed by atoms with Crippen molar-refractivity contribution >= 4 is 30.7 Å². The second-order valence-corrected chi connectivity index (χ2v) is 3.97. The molecule has 1 amide bonds. The van der Waals surface area contributed by atoms with Crippen LogP contribution in [0.1, 0.15) is 22.6 Å². The van der Waals surface area contributed by atoms with Crippen molar-refractivity contribution in [3.8, 4) is 0 Å². The number of hydrogen-bond donors (Lipinski definition) is 1. The van der Waals surface area contributed by atoms with E-state index in [1.54, 1.807) is 19.0 Å². The topological polar surface area (TPSA) is 50.2 Å². The quantitative estimate of drug-likeness (QED) is 0.833. The fourth-order valence-corrected chi connectivity index (χ4v) is 1.70. The fraction of sp³-hybridized carbons (Fsp3) is 0.600. The molecule has 1 N–H and O–H groups in total. The number of halogens is 2. The monoisotopic (exact) mass is 280 g/mol. The Bertz CT molecular complexity index is 355. The van der Waals surface area contributed by atoms with E-state index in [9.17, 15) is 4.79 Å². The Morgan fingerprint density at radius 2 is 2.18 bits per heavy atom. The third kappa shape index (κ3) is 3.59. The van der Waals surface area contributed by atoms with E-state index in [1.165, 1.54) is 0 Å². The Kier molecular flexibility index (Phi) is 6.52. The summed E-state index contributed by atoms with van der Waals surface area (Å²) in [4.78, 5) is 13.2. The van der Waals surface area contributed by atoms with Gasteiger partial charge in [-0.05, 0) is 19.0 Å². The van der Waals surface area contributed by atoms with Gasteiger partial charge in [0.25, 0.3) is 5.91 Å². The molecule has 5 nitrogen and oxygen atoms in total. The zero-order valence-corrected chi connectivity index (χ0v) is 11.6. The lowest BCUT2D eigenvalue weighted by Gasteiger charge is -2.06. The molecule has 0 saturated carbocycles. The molecule has 17 heavy (non-hydrogen) atoms. The summed E-state index contributed by atoms with van der Waals surface area (Å²) in [6.45, 7) is 2.71. The van der Waals surface area contributed by atoms with Gasteiger partial charge in [-0.3, -0.25) is 9.48 Å². The van der Waals surface area contributed by atoms with Crippen molar-refractivity contribution in [3.63, 3.8) is 0 Å². The van der Waals surface area contributed by atoms with Crippen molar-refractivity contribution < 1.29 is 4.79 Å². The lowest BCUT2D eigenvalue weighted by atomic mass is 10.3. The van der Waals surface area contributed by atoms with Crippen molar-refractivity contribution in [2.45, 2.75) is 19.5 Å². The van der Waals surface area contributed by atoms with Crippen LogP contribution in [-0.2, 0) is 13.1 Å². The van der Waals surface area contributed by atoms with E-state index >= 15 is 0 Å². The molecule has 0 radical (unpaired) electrons. The number of aryl methyl sites for hydroxylation is 1. The van der Waals surface area contributed by atoms with Gasteiger partial charge in [-0.25, -0.2) is 0 Å². The highest BCUT2D eigenvalue weighted by Crippen LogP contribution is 2.09. The Morgan fingerprint density at radius 1 is 1.47 bits per heavy atom. The lowest BCUT2D eigenvalue weighted by molar-refractivity contribution is 0.0821. The van der Waals surface area contributed by atoms with E-state index in [2.05, 4.69) is 10.4 Å². The molecule has 1 aromatic rings. The van der Waals surface area contributed by atoms with E-state index in [0.29, 0.717) is 5.69 Å². The van der Waals surface area contributed by atoms with Crippen molar-refractivity contribution in [3.05, 3.63) is 17.5 Å². The fourth-order valence-electron chi connectivity index (χ4n) is 1.70. The van der Waals surface area contributed by atoms with Crippen LogP contribution in [0.3, 0.4) is 0 Å². The molecule has 0 unspecified atom stereocenters. The Morgan fingerprint density at radius 3 is 2.82 bits per heavy atom.